The number of anilines is 1. The van der Waals surface area contributed by atoms with Crippen molar-refractivity contribution in [3.8, 4) is 0 Å². The standard InChI is InChI=1S/C11H11Br2NO/c1-7-5-8(12)11(9(13)6-7)14-4-2-3-10(14)15/h5-6H,2-4H2,1H3. The van der Waals surface area contributed by atoms with Crippen LogP contribution in [0.2, 0.25) is 0 Å². The molecule has 1 aliphatic rings. The molecule has 0 atom stereocenters. The highest BCUT2D eigenvalue weighted by molar-refractivity contribution is 9.11. The number of nitrogens with zero attached hydrogens (tertiary/aromatic N) is 1. The summed E-state index contributed by atoms with van der Waals surface area (Å²) in [5.74, 6) is 0.209. The first-order chi connectivity index (χ1) is 7.09. The molecule has 1 aromatic carbocycles. The molecule has 80 valence electrons. The molecule has 0 unspecified atom stereocenters. The Kier molecular flexibility index (Phi) is 3.16. The lowest BCUT2D eigenvalue weighted by Crippen LogP contribution is -2.24. The fourth-order valence-electron chi connectivity index (χ4n) is 1.83. The lowest BCUT2D eigenvalue weighted by atomic mass is 10.2. The highest BCUT2D eigenvalue weighted by Gasteiger charge is 2.25. The Hall–Kier alpha value is -0.350. The van der Waals surface area contributed by atoms with Gasteiger partial charge in [0.15, 0.2) is 0 Å². The topological polar surface area (TPSA) is 20.3 Å². The molecule has 0 aliphatic carbocycles. The number of rotatable bonds is 1. The minimum absolute atomic E-state index is 0.209. The summed E-state index contributed by atoms with van der Waals surface area (Å²) in [6.07, 6.45) is 1.61. The largest absolute Gasteiger partial charge is 0.310 e. The summed E-state index contributed by atoms with van der Waals surface area (Å²) < 4.78 is 1.95. The molecule has 0 N–H and O–H groups in total. The van der Waals surface area contributed by atoms with Crippen molar-refractivity contribution in [1.82, 2.24) is 0 Å². The van der Waals surface area contributed by atoms with Crippen LogP contribution in [-0.4, -0.2) is 12.5 Å². The van der Waals surface area contributed by atoms with E-state index in [2.05, 4.69) is 31.9 Å². The first-order valence-electron chi connectivity index (χ1n) is 4.85. The maximum Gasteiger partial charge on any atom is 0.227 e. The summed E-state index contributed by atoms with van der Waals surface area (Å²) in [5, 5.41) is 0. The van der Waals surface area contributed by atoms with Crippen LogP contribution in [0.15, 0.2) is 21.1 Å². The van der Waals surface area contributed by atoms with Gasteiger partial charge in [-0.25, -0.2) is 0 Å². The number of carbonyl (C=O) groups excluding carboxylic acids is 1. The van der Waals surface area contributed by atoms with Gasteiger partial charge < -0.3 is 4.90 Å². The van der Waals surface area contributed by atoms with E-state index in [-0.39, 0.29) is 5.91 Å². The molecule has 1 amide bonds. The summed E-state index contributed by atoms with van der Waals surface area (Å²) in [6, 6.07) is 4.07. The molecule has 1 aliphatic heterocycles. The van der Waals surface area contributed by atoms with Gasteiger partial charge in [0.2, 0.25) is 5.91 Å². The van der Waals surface area contributed by atoms with Crippen LogP contribution in [0.25, 0.3) is 0 Å². The second-order valence-electron chi connectivity index (χ2n) is 3.73. The van der Waals surface area contributed by atoms with Crippen LogP contribution in [0.4, 0.5) is 5.69 Å². The Balaban J connectivity index is 2.47. The highest BCUT2D eigenvalue weighted by Crippen LogP contribution is 2.37. The van der Waals surface area contributed by atoms with Crippen LogP contribution in [0.3, 0.4) is 0 Å². The van der Waals surface area contributed by atoms with Crippen LogP contribution in [0.5, 0.6) is 0 Å². The van der Waals surface area contributed by atoms with Crippen LogP contribution < -0.4 is 4.90 Å². The summed E-state index contributed by atoms with van der Waals surface area (Å²) >= 11 is 7.02. The van der Waals surface area contributed by atoms with Crippen molar-refractivity contribution in [2.75, 3.05) is 11.4 Å². The SMILES string of the molecule is Cc1cc(Br)c(N2CCCC2=O)c(Br)c1. The molecule has 0 radical (unpaired) electrons. The predicted molar refractivity (Wildman–Crippen MR) is 68.2 cm³/mol. The lowest BCUT2D eigenvalue weighted by molar-refractivity contribution is -0.117. The summed E-state index contributed by atoms with van der Waals surface area (Å²) in [7, 11) is 0. The summed E-state index contributed by atoms with van der Waals surface area (Å²) in [6.45, 7) is 2.85. The molecule has 2 rings (SSSR count). The van der Waals surface area contributed by atoms with Crippen LogP contribution in [-0.2, 0) is 4.79 Å². The van der Waals surface area contributed by atoms with Crippen molar-refractivity contribution < 1.29 is 4.79 Å². The van der Waals surface area contributed by atoms with Gasteiger partial charge in [0.25, 0.3) is 0 Å². The van der Waals surface area contributed by atoms with Crippen molar-refractivity contribution in [2.24, 2.45) is 0 Å². The van der Waals surface area contributed by atoms with E-state index in [4.69, 9.17) is 0 Å². The smallest absolute Gasteiger partial charge is 0.227 e. The maximum absolute atomic E-state index is 11.6. The molecule has 0 saturated carbocycles. The molecule has 0 bridgehead atoms. The number of aryl methyl sites for hydroxylation is 1. The second-order valence-corrected chi connectivity index (χ2v) is 5.43. The van der Waals surface area contributed by atoms with E-state index < -0.39 is 0 Å². The lowest BCUT2D eigenvalue weighted by Gasteiger charge is -2.19. The highest BCUT2D eigenvalue weighted by atomic mass is 79.9. The monoisotopic (exact) mass is 331 g/mol. The Morgan fingerprint density at radius 3 is 2.33 bits per heavy atom. The van der Waals surface area contributed by atoms with E-state index in [1.807, 2.05) is 24.0 Å². The van der Waals surface area contributed by atoms with Crippen LogP contribution in [0.1, 0.15) is 18.4 Å². The molecule has 4 heteroatoms. The third kappa shape index (κ3) is 2.11. The van der Waals surface area contributed by atoms with Gasteiger partial charge in [-0.3, -0.25) is 4.79 Å². The van der Waals surface area contributed by atoms with Gasteiger partial charge in [-0.1, -0.05) is 0 Å². The van der Waals surface area contributed by atoms with E-state index in [1.54, 1.807) is 0 Å². The van der Waals surface area contributed by atoms with Crippen molar-refractivity contribution in [1.29, 1.82) is 0 Å². The number of benzene rings is 1. The number of halogens is 2. The third-order valence-electron chi connectivity index (χ3n) is 2.50. The minimum Gasteiger partial charge on any atom is -0.310 e. The first-order valence-corrected chi connectivity index (χ1v) is 6.44. The number of carbonyl (C=O) groups is 1. The number of hydrogen-bond donors (Lipinski definition) is 0. The van der Waals surface area contributed by atoms with Gasteiger partial charge >= 0.3 is 0 Å². The zero-order valence-corrected chi connectivity index (χ0v) is 11.6. The quantitative estimate of drug-likeness (QED) is 0.768. The van der Waals surface area contributed by atoms with Crippen molar-refractivity contribution in [3.05, 3.63) is 26.6 Å². The summed E-state index contributed by atoms with van der Waals surface area (Å²) in [4.78, 5) is 13.5. The first kappa shape index (κ1) is 11.1. The molecule has 1 heterocycles. The van der Waals surface area contributed by atoms with Crippen molar-refractivity contribution in [3.63, 3.8) is 0 Å². The van der Waals surface area contributed by atoms with E-state index in [0.29, 0.717) is 6.42 Å². The van der Waals surface area contributed by atoms with E-state index in [1.165, 1.54) is 5.56 Å². The van der Waals surface area contributed by atoms with E-state index >= 15 is 0 Å². The minimum atomic E-state index is 0.209. The second kappa shape index (κ2) is 4.26. The molecule has 1 fully saturated rings. The van der Waals surface area contributed by atoms with Gasteiger partial charge in [-0.15, -0.1) is 0 Å². The van der Waals surface area contributed by atoms with Gasteiger partial charge in [-0.2, -0.15) is 0 Å². The van der Waals surface area contributed by atoms with Crippen molar-refractivity contribution >= 4 is 43.5 Å². The molecule has 0 aromatic heterocycles. The van der Waals surface area contributed by atoms with E-state index in [0.717, 1.165) is 27.6 Å². The molecule has 15 heavy (non-hydrogen) atoms. The Morgan fingerprint density at radius 2 is 1.87 bits per heavy atom. The van der Waals surface area contributed by atoms with Gasteiger partial charge in [0, 0.05) is 21.9 Å². The predicted octanol–water partition coefficient (Wildman–Crippen LogP) is 3.65. The van der Waals surface area contributed by atoms with Gasteiger partial charge in [0.1, 0.15) is 0 Å². The van der Waals surface area contributed by atoms with Gasteiger partial charge in [0.05, 0.1) is 5.69 Å². The average molecular weight is 333 g/mol. The molecular weight excluding hydrogens is 322 g/mol. The van der Waals surface area contributed by atoms with Crippen LogP contribution in [0, 0.1) is 6.92 Å². The fraction of sp³-hybridized carbons (Fsp3) is 0.364. The molecule has 1 aromatic rings. The zero-order chi connectivity index (χ0) is 11.0. The van der Waals surface area contributed by atoms with Crippen LogP contribution >= 0.6 is 31.9 Å². The molecule has 0 spiro atoms. The van der Waals surface area contributed by atoms with E-state index in [9.17, 15) is 4.79 Å². The fourth-order valence-corrected chi connectivity index (χ4v) is 3.68. The maximum atomic E-state index is 11.6. The molecule has 1 saturated heterocycles. The Bertz CT molecular complexity index is 394. The number of amides is 1. The zero-order valence-electron chi connectivity index (χ0n) is 8.39. The Morgan fingerprint density at radius 1 is 1.27 bits per heavy atom. The Labute approximate surface area is 106 Å². The van der Waals surface area contributed by atoms with Crippen molar-refractivity contribution in [2.45, 2.75) is 19.8 Å². The van der Waals surface area contributed by atoms with Gasteiger partial charge in [-0.05, 0) is 62.9 Å². The molecule has 2 nitrogen and oxygen atoms in total. The summed E-state index contributed by atoms with van der Waals surface area (Å²) in [5.41, 5.74) is 2.13. The molecular formula is C11H11Br2NO. The average Bonchev–Trinajstić information content (AvgIpc) is 2.50. The third-order valence-corrected chi connectivity index (χ3v) is 3.71. The number of hydrogen-bond acceptors (Lipinski definition) is 1. The normalized spacial score (nSPS) is 16.2.